The second kappa shape index (κ2) is 9.33. The number of ether oxygens (including phenoxy) is 1. The number of rotatable bonds is 6. The summed E-state index contributed by atoms with van der Waals surface area (Å²) in [6.45, 7) is 4.73. The molecule has 1 amide bonds. The van der Waals surface area contributed by atoms with E-state index in [1.54, 1.807) is 23.5 Å². The fourth-order valence-corrected chi connectivity index (χ4v) is 6.08. The van der Waals surface area contributed by atoms with Crippen LogP contribution in [0.4, 0.5) is 4.39 Å². The van der Waals surface area contributed by atoms with Gasteiger partial charge in [-0.3, -0.25) is 9.36 Å². The molecule has 2 aromatic heterocycles. The van der Waals surface area contributed by atoms with Gasteiger partial charge in [0.05, 0.1) is 17.9 Å². The summed E-state index contributed by atoms with van der Waals surface area (Å²) in [6.07, 6.45) is 3.03. The third-order valence-corrected chi connectivity index (χ3v) is 8.07. The first-order valence-corrected chi connectivity index (χ1v) is 12.7. The Hall–Kier alpha value is -2.23. The molecule has 3 aromatic rings. The second-order valence-corrected chi connectivity index (χ2v) is 10.5. The predicted molar refractivity (Wildman–Crippen MR) is 123 cm³/mol. The monoisotopic (exact) mass is 472 g/mol. The van der Waals surface area contributed by atoms with Crippen molar-refractivity contribution in [1.29, 1.82) is 0 Å². The summed E-state index contributed by atoms with van der Waals surface area (Å²) in [4.78, 5) is 16.5. The van der Waals surface area contributed by atoms with Crippen LogP contribution in [0.25, 0.3) is 11.4 Å². The van der Waals surface area contributed by atoms with Crippen molar-refractivity contribution in [2.24, 2.45) is 0 Å². The summed E-state index contributed by atoms with van der Waals surface area (Å²) in [7, 11) is 0. The van der Waals surface area contributed by atoms with Crippen LogP contribution in [0, 0.1) is 5.82 Å². The Labute approximate surface area is 194 Å². The number of thioether (sulfide) groups is 1. The van der Waals surface area contributed by atoms with Crippen LogP contribution in [0.1, 0.15) is 30.2 Å². The van der Waals surface area contributed by atoms with Gasteiger partial charge in [-0.25, -0.2) is 4.39 Å². The van der Waals surface area contributed by atoms with Gasteiger partial charge in [0.1, 0.15) is 5.82 Å². The molecule has 2 aliphatic heterocycles. The fraction of sp³-hybridized carbons (Fsp3) is 0.435. The molecule has 0 spiro atoms. The highest BCUT2D eigenvalue weighted by molar-refractivity contribution is 8.00. The highest BCUT2D eigenvalue weighted by Crippen LogP contribution is 2.31. The number of nitrogens with zero attached hydrogens (tertiary/aromatic N) is 4. The third-order valence-electron chi connectivity index (χ3n) is 5.98. The maximum Gasteiger partial charge on any atom is 0.236 e. The molecule has 0 N–H and O–H groups in total. The molecule has 2 aliphatic rings. The standard InChI is InChI=1S/C23H25FN4O2S2/c1-15(22(29)27-10-8-20-17(13-27)9-12-31-20)32-23-26-25-21(16-4-6-18(24)7-5-16)28(23)14-19-3-2-11-30-19/h4-7,9,12,15,19H,2-3,8,10-11,13-14H2,1H3. The molecule has 5 rings (SSSR count). The Morgan fingerprint density at radius 3 is 2.94 bits per heavy atom. The molecular weight excluding hydrogens is 447 g/mol. The van der Waals surface area contributed by atoms with Crippen LogP contribution < -0.4 is 0 Å². The summed E-state index contributed by atoms with van der Waals surface area (Å²) < 4.78 is 21.3. The van der Waals surface area contributed by atoms with Crippen LogP contribution in [0.5, 0.6) is 0 Å². The second-order valence-electron chi connectivity index (χ2n) is 8.20. The van der Waals surface area contributed by atoms with Gasteiger partial charge < -0.3 is 9.64 Å². The molecule has 1 saturated heterocycles. The highest BCUT2D eigenvalue weighted by atomic mass is 32.2. The van der Waals surface area contributed by atoms with Crippen molar-refractivity contribution < 1.29 is 13.9 Å². The summed E-state index contributed by atoms with van der Waals surface area (Å²) in [6, 6.07) is 8.38. The van der Waals surface area contributed by atoms with Crippen LogP contribution in [-0.2, 0) is 29.0 Å². The number of hydrogen-bond acceptors (Lipinski definition) is 6. The van der Waals surface area contributed by atoms with Gasteiger partial charge in [-0.15, -0.1) is 21.5 Å². The Morgan fingerprint density at radius 2 is 2.16 bits per heavy atom. The Kier molecular flexibility index (Phi) is 6.30. The lowest BCUT2D eigenvalue weighted by Crippen LogP contribution is -2.39. The zero-order chi connectivity index (χ0) is 22.1. The van der Waals surface area contributed by atoms with E-state index in [-0.39, 0.29) is 23.1 Å². The van der Waals surface area contributed by atoms with E-state index in [2.05, 4.69) is 21.6 Å². The average Bonchev–Trinajstić information content (AvgIpc) is 3.56. The van der Waals surface area contributed by atoms with Crippen LogP contribution in [0.2, 0.25) is 0 Å². The molecule has 0 bridgehead atoms. The lowest BCUT2D eigenvalue weighted by atomic mass is 10.1. The van der Waals surface area contributed by atoms with E-state index < -0.39 is 0 Å². The molecule has 168 valence electrons. The summed E-state index contributed by atoms with van der Waals surface area (Å²) in [5.74, 6) is 0.494. The predicted octanol–water partition coefficient (Wildman–Crippen LogP) is 4.39. The number of carbonyl (C=O) groups excluding carboxylic acids is 1. The van der Waals surface area contributed by atoms with Gasteiger partial charge in [0.2, 0.25) is 5.91 Å². The summed E-state index contributed by atoms with van der Waals surface area (Å²) in [5.41, 5.74) is 2.05. The number of carbonyl (C=O) groups is 1. The van der Waals surface area contributed by atoms with E-state index in [1.807, 2.05) is 16.4 Å². The number of amides is 1. The van der Waals surface area contributed by atoms with E-state index in [1.165, 1.54) is 34.3 Å². The SMILES string of the molecule is CC(Sc1nnc(-c2ccc(F)cc2)n1CC1CCCO1)C(=O)N1CCc2sccc2C1. The Morgan fingerprint density at radius 1 is 1.31 bits per heavy atom. The molecule has 2 atom stereocenters. The molecule has 0 aliphatic carbocycles. The lowest BCUT2D eigenvalue weighted by molar-refractivity contribution is -0.131. The highest BCUT2D eigenvalue weighted by Gasteiger charge is 2.29. The fourth-order valence-electron chi connectivity index (χ4n) is 4.25. The van der Waals surface area contributed by atoms with Gasteiger partial charge in [0, 0.05) is 30.1 Å². The third kappa shape index (κ3) is 4.46. The van der Waals surface area contributed by atoms with Crippen LogP contribution in [-0.4, -0.2) is 50.1 Å². The first-order valence-electron chi connectivity index (χ1n) is 10.9. The average molecular weight is 473 g/mol. The number of fused-ring (bicyclic) bond motifs is 1. The molecule has 0 saturated carbocycles. The van der Waals surface area contributed by atoms with E-state index in [4.69, 9.17) is 4.74 Å². The molecule has 4 heterocycles. The molecule has 1 fully saturated rings. The van der Waals surface area contributed by atoms with Gasteiger partial charge in [-0.1, -0.05) is 11.8 Å². The van der Waals surface area contributed by atoms with Crippen molar-refractivity contribution in [2.45, 2.75) is 55.8 Å². The zero-order valence-corrected chi connectivity index (χ0v) is 19.5. The van der Waals surface area contributed by atoms with Gasteiger partial charge in [0.15, 0.2) is 11.0 Å². The van der Waals surface area contributed by atoms with Crippen molar-refractivity contribution in [3.8, 4) is 11.4 Å². The van der Waals surface area contributed by atoms with Crippen LogP contribution >= 0.6 is 23.1 Å². The van der Waals surface area contributed by atoms with Crippen molar-refractivity contribution in [3.05, 3.63) is 52.0 Å². The maximum absolute atomic E-state index is 13.4. The molecular formula is C23H25FN4O2S2. The van der Waals surface area contributed by atoms with E-state index in [0.717, 1.165) is 38.0 Å². The molecule has 0 radical (unpaired) electrons. The Bertz CT molecular complexity index is 1090. The number of benzene rings is 1. The normalized spacial score (nSPS) is 19.2. The number of halogens is 1. The van der Waals surface area contributed by atoms with E-state index in [9.17, 15) is 9.18 Å². The minimum Gasteiger partial charge on any atom is -0.376 e. The topological polar surface area (TPSA) is 60.2 Å². The van der Waals surface area contributed by atoms with Gasteiger partial charge >= 0.3 is 0 Å². The smallest absolute Gasteiger partial charge is 0.236 e. The maximum atomic E-state index is 13.4. The van der Waals surface area contributed by atoms with E-state index in [0.29, 0.717) is 24.1 Å². The molecule has 6 nitrogen and oxygen atoms in total. The van der Waals surface area contributed by atoms with Crippen molar-refractivity contribution >= 4 is 29.0 Å². The Balaban J connectivity index is 1.36. The van der Waals surface area contributed by atoms with Gasteiger partial charge in [0.25, 0.3) is 0 Å². The molecule has 9 heteroatoms. The first kappa shape index (κ1) is 21.6. The van der Waals surface area contributed by atoms with Crippen LogP contribution in [0.15, 0.2) is 40.9 Å². The number of hydrogen-bond donors (Lipinski definition) is 0. The largest absolute Gasteiger partial charge is 0.376 e. The molecule has 1 aromatic carbocycles. The van der Waals surface area contributed by atoms with Crippen molar-refractivity contribution in [3.63, 3.8) is 0 Å². The quantitative estimate of drug-likeness (QED) is 0.498. The van der Waals surface area contributed by atoms with Gasteiger partial charge in [-0.05, 0) is 67.5 Å². The van der Waals surface area contributed by atoms with Crippen molar-refractivity contribution in [2.75, 3.05) is 13.2 Å². The van der Waals surface area contributed by atoms with Crippen LogP contribution in [0.3, 0.4) is 0 Å². The zero-order valence-electron chi connectivity index (χ0n) is 17.9. The minimum atomic E-state index is -0.289. The first-order chi connectivity index (χ1) is 15.6. The summed E-state index contributed by atoms with van der Waals surface area (Å²) in [5, 5.41) is 11.3. The lowest BCUT2D eigenvalue weighted by Gasteiger charge is -2.29. The number of aromatic nitrogens is 3. The summed E-state index contributed by atoms with van der Waals surface area (Å²) >= 11 is 3.20. The molecule has 32 heavy (non-hydrogen) atoms. The molecule has 2 unspecified atom stereocenters. The van der Waals surface area contributed by atoms with Crippen molar-refractivity contribution in [1.82, 2.24) is 19.7 Å². The van der Waals surface area contributed by atoms with Gasteiger partial charge in [-0.2, -0.15) is 0 Å². The number of thiophene rings is 1. The van der Waals surface area contributed by atoms with E-state index >= 15 is 0 Å². The minimum absolute atomic E-state index is 0.0923.